The van der Waals surface area contributed by atoms with E-state index in [9.17, 15) is 22.0 Å². The van der Waals surface area contributed by atoms with Gasteiger partial charge in [-0.25, -0.2) is 26.9 Å². The van der Waals surface area contributed by atoms with Gasteiger partial charge in [0.25, 0.3) is 0 Å². The Morgan fingerprint density at radius 1 is 0.900 bits per heavy atom. The van der Waals surface area contributed by atoms with E-state index < -0.39 is 47.0 Å². The number of hydrogen-bond acceptors (Lipinski definition) is 2. The highest BCUT2D eigenvalue weighted by Gasteiger charge is 2.28. The Morgan fingerprint density at radius 2 is 1.40 bits per heavy atom. The Hall–Kier alpha value is -1.73. The van der Waals surface area contributed by atoms with Crippen molar-refractivity contribution >= 4 is 11.6 Å². The minimum Gasteiger partial charge on any atom is -0.390 e. The lowest BCUT2D eigenvalue weighted by Crippen LogP contribution is -2.06. The summed E-state index contributed by atoms with van der Waals surface area (Å²) in [6.07, 6.45) is 0. The Kier molecular flexibility index (Phi) is 3.92. The number of hydrogen-bond donors (Lipinski definition) is 1. The first-order valence-electron chi connectivity index (χ1n) is 5.16. The highest BCUT2D eigenvalue weighted by atomic mass is 35.5. The second-order valence-electron chi connectivity index (χ2n) is 3.74. The molecule has 106 valence electrons. The van der Waals surface area contributed by atoms with E-state index in [0.717, 1.165) is 6.07 Å². The highest BCUT2D eigenvalue weighted by molar-refractivity contribution is 6.33. The molecule has 0 atom stereocenters. The zero-order valence-electron chi connectivity index (χ0n) is 9.52. The van der Waals surface area contributed by atoms with E-state index in [1.54, 1.807) is 0 Å². The van der Waals surface area contributed by atoms with Gasteiger partial charge in [-0.05, 0) is 12.1 Å². The molecule has 2 nitrogen and oxygen atoms in total. The molecule has 0 saturated heterocycles. The standard InChI is InChI=1S/C12H5ClF5NO/c13-5-2-1-4(3-20)19-12(5)6-7(14)9(16)11(18)10(17)8(6)15/h1-2,20H,3H2. The predicted molar refractivity (Wildman–Crippen MR) is 60.4 cm³/mol. The third kappa shape index (κ3) is 2.23. The van der Waals surface area contributed by atoms with E-state index >= 15 is 0 Å². The molecule has 2 rings (SSSR count). The van der Waals surface area contributed by atoms with Gasteiger partial charge in [0.05, 0.1) is 28.6 Å². The van der Waals surface area contributed by atoms with Crippen LogP contribution in [0, 0.1) is 29.1 Å². The maximum atomic E-state index is 13.6. The van der Waals surface area contributed by atoms with E-state index in [2.05, 4.69) is 4.98 Å². The summed E-state index contributed by atoms with van der Waals surface area (Å²) in [5, 5.41) is 8.58. The molecule has 0 saturated carbocycles. The smallest absolute Gasteiger partial charge is 0.200 e. The maximum absolute atomic E-state index is 13.6. The number of halogens is 6. The summed E-state index contributed by atoms with van der Waals surface area (Å²) < 4.78 is 66.4. The first-order valence-corrected chi connectivity index (χ1v) is 5.54. The zero-order valence-corrected chi connectivity index (χ0v) is 10.3. The Bertz CT molecular complexity index is 663. The molecule has 8 heteroatoms. The fraction of sp³-hybridized carbons (Fsp3) is 0.0833. The van der Waals surface area contributed by atoms with Crippen LogP contribution in [0.2, 0.25) is 5.02 Å². The molecule has 0 aliphatic heterocycles. The van der Waals surface area contributed by atoms with E-state index in [-0.39, 0.29) is 10.7 Å². The number of benzene rings is 1. The maximum Gasteiger partial charge on any atom is 0.200 e. The third-order valence-electron chi connectivity index (χ3n) is 2.51. The molecule has 0 radical (unpaired) electrons. The van der Waals surface area contributed by atoms with Gasteiger partial charge in [0.2, 0.25) is 5.82 Å². The average Bonchev–Trinajstić information content (AvgIpc) is 2.45. The van der Waals surface area contributed by atoms with Crippen LogP contribution in [0.25, 0.3) is 11.3 Å². The molecule has 1 heterocycles. The first kappa shape index (κ1) is 14.7. The zero-order chi connectivity index (χ0) is 15.0. The van der Waals surface area contributed by atoms with Crippen LogP contribution in [0.1, 0.15) is 5.69 Å². The Balaban J connectivity index is 2.83. The molecule has 0 fully saturated rings. The number of aromatic nitrogens is 1. The van der Waals surface area contributed by atoms with Crippen LogP contribution in [0.4, 0.5) is 22.0 Å². The third-order valence-corrected chi connectivity index (χ3v) is 2.82. The van der Waals surface area contributed by atoms with Crippen LogP contribution in [-0.2, 0) is 6.61 Å². The molecule has 2 aromatic rings. The van der Waals surface area contributed by atoms with Crippen molar-refractivity contribution in [2.24, 2.45) is 0 Å². The van der Waals surface area contributed by atoms with Gasteiger partial charge in [0.15, 0.2) is 23.3 Å². The summed E-state index contributed by atoms with van der Waals surface area (Å²) >= 11 is 5.66. The molecule has 0 aliphatic carbocycles. The highest BCUT2D eigenvalue weighted by Crippen LogP contribution is 2.34. The minimum absolute atomic E-state index is 0.0339. The van der Waals surface area contributed by atoms with Crippen molar-refractivity contribution in [1.82, 2.24) is 4.98 Å². The lowest BCUT2D eigenvalue weighted by Gasteiger charge is -2.10. The number of rotatable bonds is 2. The van der Waals surface area contributed by atoms with Gasteiger partial charge in [0, 0.05) is 0 Å². The lowest BCUT2D eigenvalue weighted by molar-refractivity contribution is 0.277. The van der Waals surface area contributed by atoms with Gasteiger partial charge in [0.1, 0.15) is 0 Å². The number of aliphatic hydroxyl groups excluding tert-OH is 1. The van der Waals surface area contributed by atoms with Gasteiger partial charge < -0.3 is 5.11 Å². The Labute approximate surface area is 114 Å². The molecule has 20 heavy (non-hydrogen) atoms. The topological polar surface area (TPSA) is 33.1 Å². The van der Waals surface area contributed by atoms with E-state index in [0.29, 0.717) is 0 Å². The van der Waals surface area contributed by atoms with Crippen molar-refractivity contribution < 1.29 is 27.1 Å². The molecular formula is C12H5ClF5NO. The summed E-state index contributed by atoms with van der Waals surface area (Å²) in [4.78, 5) is 3.58. The molecule has 0 aliphatic rings. The van der Waals surface area contributed by atoms with E-state index in [1.165, 1.54) is 6.07 Å². The fourth-order valence-electron chi connectivity index (χ4n) is 1.56. The second kappa shape index (κ2) is 5.34. The lowest BCUT2D eigenvalue weighted by atomic mass is 10.1. The van der Waals surface area contributed by atoms with Gasteiger partial charge in [-0.3, -0.25) is 0 Å². The van der Waals surface area contributed by atoms with Crippen LogP contribution in [-0.4, -0.2) is 10.1 Å². The normalized spacial score (nSPS) is 10.9. The number of aliphatic hydroxyl groups is 1. The fourth-order valence-corrected chi connectivity index (χ4v) is 1.76. The summed E-state index contributed by atoms with van der Waals surface area (Å²) in [7, 11) is 0. The average molecular weight is 310 g/mol. The Morgan fingerprint density at radius 3 is 1.90 bits per heavy atom. The van der Waals surface area contributed by atoms with Crippen molar-refractivity contribution in [2.75, 3.05) is 0 Å². The first-order chi connectivity index (χ1) is 9.38. The van der Waals surface area contributed by atoms with Crippen LogP contribution in [0.5, 0.6) is 0 Å². The van der Waals surface area contributed by atoms with Crippen LogP contribution < -0.4 is 0 Å². The molecule has 0 amide bonds. The summed E-state index contributed by atoms with van der Waals surface area (Å²) in [5.41, 5.74) is -1.90. The van der Waals surface area contributed by atoms with Crippen molar-refractivity contribution in [1.29, 1.82) is 0 Å². The van der Waals surface area contributed by atoms with Gasteiger partial charge >= 0.3 is 0 Å². The van der Waals surface area contributed by atoms with E-state index in [4.69, 9.17) is 16.7 Å². The quantitative estimate of drug-likeness (QED) is 0.522. The molecular weight excluding hydrogens is 305 g/mol. The monoisotopic (exact) mass is 309 g/mol. The molecule has 0 spiro atoms. The van der Waals surface area contributed by atoms with Crippen molar-refractivity contribution in [2.45, 2.75) is 6.61 Å². The van der Waals surface area contributed by atoms with Crippen molar-refractivity contribution in [3.63, 3.8) is 0 Å². The van der Waals surface area contributed by atoms with Gasteiger partial charge in [-0.2, -0.15) is 0 Å². The summed E-state index contributed by atoms with van der Waals surface area (Å²) in [5.74, 6) is -10.5. The van der Waals surface area contributed by atoms with Gasteiger partial charge in [-0.15, -0.1) is 0 Å². The van der Waals surface area contributed by atoms with Crippen molar-refractivity contribution in [3.8, 4) is 11.3 Å². The van der Waals surface area contributed by atoms with Crippen LogP contribution in [0.15, 0.2) is 12.1 Å². The van der Waals surface area contributed by atoms with Gasteiger partial charge in [-0.1, -0.05) is 11.6 Å². The van der Waals surface area contributed by atoms with Crippen molar-refractivity contribution in [3.05, 3.63) is 51.9 Å². The molecule has 1 N–H and O–H groups in total. The number of pyridine rings is 1. The molecule has 0 unspecified atom stereocenters. The predicted octanol–water partition coefficient (Wildman–Crippen LogP) is 3.59. The summed E-state index contributed by atoms with van der Waals surface area (Å²) in [6, 6.07) is 2.38. The number of nitrogens with zero attached hydrogens (tertiary/aromatic N) is 1. The summed E-state index contributed by atoms with van der Waals surface area (Å²) in [6.45, 7) is -0.584. The molecule has 1 aromatic carbocycles. The molecule has 1 aromatic heterocycles. The molecule has 0 bridgehead atoms. The minimum atomic E-state index is -2.27. The second-order valence-corrected chi connectivity index (χ2v) is 4.14. The SMILES string of the molecule is OCc1ccc(Cl)c(-c2c(F)c(F)c(F)c(F)c2F)n1. The van der Waals surface area contributed by atoms with Crippen LogP contribution in [0.3, 0.4) is 0 Å². The largest absolute Gasteiger partial charge is 0.390 e. The van der Waals surface area contributed by atoms with Crippen LogP contribution >= 0.6 is 11.6 Å². The van der Waals surface area contributed by atoms with E-state index in [1.807, 2.05) is 0 Å².